The molecule has 2 saturated heterocycles. The maximum absolute atomic E-state index is 13.0. The Morgan fingerprint density at radius 2 is 1.91 bits per heavy atom. The molecule has 2 aliphatic heterocycles. The molecule has 0 radical (unpaired) electrons. The van der Waals surface area contributed by atoms with E-state index in [1.807, 2.05) is 6.92 Å². The molecule has 0 unspecified atom stereocenters. The van der Waals surface area contributed by atoms with Crippen molar-refractivity contribution in [1.82, 2.24) is 14.5 Å². The number of hydrogen-bond acceptors (Lipinski definition) is 5. The van der Waals surface area contributed by atoms with Crippen LogP contribution < -0.4 is 10.6 Å². The zero-order chi connectivity index (χ0) is 22.9. The Morgan fingerprint density at radius 1 is 1.16 bits per heavy atom. The molecule has 9 nitrogen and oxygen atoms in total. The number of carbonyl (C=O) groups is 3. The number of anilines is 1. The molecule has 3 fully saturated rings. The molecule has 0 bridgehead atoms. The van der Waals surface area contributed by atoms with E-state index in [1.165, 1.54) is 16.4 Å². The molecule has 174 valence electrons. The Morgan fingerprint density at radius 3 is 2.62 bits per heavy atom. The van der Waals surface area contributed by atoms with Crippen LogP contribution >= 0.6 is 0 Å². The van der Waals surface area contributed by atoms with Gasteiger partial charge < -0.3 is 10.6 Å². The Bertz CT molecular complexity index is 1020. The first kappa shape index (κ1) is 22.7. The van der Waals surface area contributed by atoms with Crippen LogP contribution in [0.25, 0.3) is 0 Å². The van der Waals surface area contributed by atoms with Gasteiger partial charge in [-0.15, -0.1) is 0 Å². The highest BCUT2D eigenvalue weighted by Gasteiger charge is 2.55. The second-order valence-electron chi connectivity index (χ2n) is 8.98. The lowest BCUT2D eigenvalue weighted by molar-refractivity contribution is -0.136. The van der Waals surface area contributed by atoms with Crippen LogP contribution in [0.5, 0.6) is 0 Å². The van der Waals surface area contributed by atoms with Crippen LogP contribution in [0.2, 0.25) is 0 Å². The van der Waals surface area contributed by atoms with Gasteiger partial charge in [0.1, 0.15) is 12.1 Å². The maximum Gasteiger partial charge on any atom is 0.325 e. The normalized spacial score (nSPS) is 26.9. The smallest absolute Gasteiger partial charge is 0.324 e. The van der Waals surface area contributed by atoms with E-state index in [2.05, 4.69) is 10.6 Å². The molecule has 4 rings (SSSR count). The summed E-state index contributed by atoms with van der Waals surface area (Å²) >= 11 is 0. The number of amides is 4. The molecule has 10 heteroatoms. The van der Waals surface area contributed by atoms with Gasteiger partial charge in [0, 0.05) is 18.8 Å². The number of piperidine rings is 1. The minimum absolute atomic E-state index is 0.0115. The number of nitrogens with zero attached hydrogens (tertiary/aromatic N) is 2. The minimum atomic E-state index is -3.63. The van der Waals surface area contributed by atoms with Gasteiger partial charge in [-0.05, 0) is 49.8 Å². The van der Waals surface area contributed by atoms with Gasteiger partial charge in [0.25, 0.3) is 5.91 Å². The number of nitrogens with one attached hydrogen (secondary N) is 2. The number of benzene rings is 1. The fraction of sp³-hybridized carbons (Fsp3) is 0.591. The van der Waals surface area contributed by atoms with Crippen LogP contribution in [-0.4, -0.2) is 60.6 Å². The van der Waals surface area contributed by atoms with Gasteiger partial charge in [0.05, 0.1) is 4.90 Å². The highest BCUT2D eigenvalue weighted by Crippen LogP contribution is 2.38. The average Bonchev–Trinajstić information content (AvgIpc) is 3.01. The van der Waals surface area contributed by atoms with E-state index in [4.69, 9.17) is 0 Å². The fourth-order valence-electron chi connectivity index (χ4n) is 4.97. The lowest BCUT2D eigenvalue weighted by Gasteiger charge is -2.36. The van der Waals surface area contributed by atoms with Crippen molar-refractivity contribution < 1.29 is 22.8 Å². The predicted octanol–water partition coefficient (Wildman–Crippen LogP) is 2.30. The van der Waals surface area contributed by atoms with Crippen molar-refractivity contribution in [2.24, 2.45) is 5.92 Å². The topological polar surface area (TPSA) is 116 Å². The maximum atomic E-state index is 13.0. The van der Waals surface area contributed by atoms with Crippen LogP contribution in [0.15, 0.2) is 29.2 Å². The van der Waals surface area contributed by atoms with E-state index >= 15 is 0 Å². The van der Waals surface area contributed by atoms with Gasteiger partial charge in [-0.1, -0.05) is 32.3 Å². The minimum Gasteiger partial charge on any atom is -0.324 e. The highest BCUT2D eigenvalue weighted by atomic mass is 32.2. The van der Waals surface area contributed by atoms with Crippen molar-refractivity contribution in [2.45, 2.75) is 62.3 Å². The monoisotopic (exact) mass is 462 g/mol. The third-order valence-corrected chi connectivity index (χ3v) is 8.77. The second-order valence-corrected chi connectivity index (χ2v) is 10.9. The van der Waals surface area contributed by atoms with Crippen molar-refractivity contribution in [3.63, 3.8) is 0 Å². The molecule has 2 N–H and O–H groups in total. The van der Waals surface area contributed by atoms with Crippen LogP contribution in [-0.2, 0) is 19.6 Å². The summed E-state index contributed by atoms with van der Waals surface area (Å²) in [7, 11) is -3.63. The second kappa shape index (κ2) is 8.82. The summed E-state index contributed by atoms with van der Waals surface area (Å²) in [5.74, 6) is -0.898. The lowest BCUT2D eigenvalue weighted by atomic mass is 9.73. The van der Waals surface area contributed by atoms with Crippen molar-refractivity contribution in [2.75, 3.05) is 25.0 Å². The lowest BCUT2D eigenvalue weighted by Crippen LogP contribution is -2.54. The fourth-order valence-corrected chi connectivity index (χ4v) is 6.54. The van der Waals surface area contributed by atoms with Gasteiger partial charge in [-0.25, -0.2) is 13.2 Å². The van der Waals surface area contributed by atoms with Gasteiger partial charge in [-0.2, -0.15) is 4.31 Å². The third-order valence-electron chi connectivity index (χ3n) is 6.87. The van der Waals surface area contributed by atoms with Crippen LogP contribution in [0.4, 0.5) is 10.5 Å². The molecule has 1 aromatic rings. The molecule has 0 aromatic heterocycles. The Labute approximate surface area is 188 Å². The Kier molecular flexibility index (Phi) is 6.26. The summed E-state index contributed by atoms with van der Waals surface area (Å²) in [5.41, 5.74) is -0.612. The molecule has 4 amide bonds. The highest BCUT2D eigenvalue weighted by molar-refractivity contribution is 7.89. The molecule has 32 heavy (non-hydrogen) atoms. The molecule has 1 saturated carbocycles. The summed E-state index contributed by atoms with van der Waals surface area (Å²) in [6.07, 6.45) is 5.99. The number of imide groups is 1. The molecular weight excluding hydrogens is 432 g/mol. The van der Waals surface area contributed by atoms with Crippen LogP contribution in [0.1, 0.15) is 51.9 Å². The summed E-state index contributed by atoms with van der Waals surface area (Å²) in [4.78, 5) is 39.2. The van der Waals surface area contributed by atoms with E-state index in [1.54, 1.807) is 12.1 Å². The van der Waals surface area contributed by atoms with E-state index in [0.29, 0.717) is 25.2 Å². The zero-order valence-electron chi connectivity index (χ0n) is 18.3. The molecule has 3 aliphatic rings. The first-order valence-corrected chi connectivity index (χ1v) is 12.7. The number of rotatable bonds is 5. The van der Waals surface area contributed by atoms with E-state index in [-0.39, 0.29) is 16.7 Å². The van der Waals surface area contributed by atoms with Gasteiger partial charge in [0.15, 0.2) is 0 Å². The number of hydrogen-bond donors (Lipinski definition) is 2. The van der Waals surface area contributed by atoms with Crippen molar-refractivity contribution in [3.05, 3.63) is 24.3 Å². The SMILES string of the molecule is C[C@@H]1CCCC[C@]12NC(=O)N(CC(=O)Nc1cccc(S(=O)(=O)N3CCCCC3)c1)C2=O. The number of sulfonamides is 1. The van der Waals surface area contributed by atoms with E-state index in [0.717, 1.165) is 43.4 Å². The summed E-state index contributed by atoms with van der Waals surface area (Å²) in [5, 5.41) is 5.46. The van der Waals surface area contributed by atoms with Crippen molar-refractivity contribution >= 4 is 33.6 Å². The summed E-state index contributed by atoms with van der Waals surface area (Å²) < 4.78 is 27.3. The molecule has 1 spiro atoms. The van der Waals surface area contributed by atoms with E-state index < -0.39 is 34.0 Å². The zero-order valence-corrected chi connectivity index (χ0v) is 19.1. The van der Waals surface area contributed by atoms with Gasteiger partial charge in [0.2, 0.25) is 15.9 Å². The van der Waals surface area contributed by atoms with Crippen molar-refractivity contribution in [1.29, 1.82) is 0 Å². The molecule has 1 aliphatic carbocycles. The third kappa shape index (κ3) is 4.13. The van der Waals surface area contributed by atoms with Crippen LogP contribution in [0.3, 0.4) is 0 Å². The largest absolute Gasteiger partial charge is 0.325 e. The molecule has 1 aromatic carbocycles. The first-order chi connectivity index (χ1) is 15.2. The predicted molar refractivity (Wildman–Crippen MR) is 118 cm³/mol. The Hall–Kier alpha value is -2.46. The Balaban J connectivity index is 1.44. The number of carbonyl (C=O) groups excluding carboxylic acids is 3. The van der Waals surface area contributed by atoms with Crippen molar-refractivity contribution in [3.8, 4) is 0 Å². The quantitative estimate of drug-likeness (QED) is 0.652. The van der Waals surface area contributed by atoms with Gasteiger partial charge >= 0.3 is 6.03 Å². The molecule has 2 heterocycles. The number of urea groups is 1. The summed E-state index contributed by atoms with van der Waals surface area (Å²) in [6, 6.07) is 5.52. The first-order valence-electron chi connectivity index (χ1n) is 11.3. The van der Waals surface area contributed by atoms with Gasteiger partial charge in [-0.3, -0.25) is 14.5 Å². The average molecular weight is 463 g/mol. The van der Waals surface area contributed by atoms with E-state index in [9.17, 15) is 22.8 Å². The molecular formula is C22H30N4O5S. The standard InChI is InChI=1S/C22H30N4O5S/c1-16-8-3-4-11-22(16)20(28)26(21(29)24-22)15-19(27)23-17-9-7-10-18(14-17)32(30,31)25-12-5-2-6-13-25/h7,9-10,14,16H,2-6,8,11-13,15H2,1H3,(H,23,27)(H,24,29)/t16-,22+/m1/s1. The molecule has 2 atom stereocenters. The summed E-state index contributed by atoms with van der Waals surface area (Å²) in [6.45, 7) is 2.52. The van der Waals surface area contributed by atoms with Crippen LogP contribution in [0, 0.1) is 5.92 Å².